The van der Waals surface area contributed by atoms with Gasteiger partial charge < -0.3 is 11.1 Å². The van der Waals surface area contributed by atoms with E-state index in [0.717, 1.165) is 11.3 Å². The van der Waals surface area contributed by atoms with Gasteiger partial charge in [0.2, 0.25) is 5.91 Å². The van der Waals surface area contributed by atoms with Gasteiger partial charge in [0.1, 0.15) is 6.33 Å². The molecule has 0 aliphatic carbocycles. The van der Waals surface area contributed by atoms with Crippen LogP contribution in [-0.4, -0.2) is 37.6 Å². The third kappa shape index (κ3) is 3.69. The summed E-state index contributed by atoms with van der Waals surface area (Å²) in [6.45, 7) is 0.466. The molecule has 0 saturated heterocycles. The number of amides is 1. The number of hydrogen-bond acceptors (Lipinski definition) is 7. The summed E-state index contributed by atoms with van der Waals surface area (Å²) >= 11 is 1.39. The molecular weight excluding hydrogens is 314 g/mol. The number of hydrogen-bond donors (Lipinski definition) is 2. The maximum atomic E-state index is 12.6. The molecule has 23 heavy (non-hydrogen) atoms. The lowest BCUT2D eigenvalue weighted by Gasteiger charge is -2.16. The molecule has 0 fully saturated rings. The molecule has 3 N–H and O–H groups in total. The van der Waals surface area contributed by atoms with Crippen molar-refractivity contribution in [1.82, 2.24) is 30.5 Å². The minimum Gasteiger partial charge on any atom is -0.375 e. The Hall–Kier alpha value is -2.81. The van der Waals surface area contributed by atoms with Gasteiger partial charge in [-0.2, -0.15) is 0 Å². The van der Waals surface area contributed by atoms with E-state index in [9.17, 15) is 4.79 Å². The standard InChI is InChI=1S/C14H15N7OS/c15-14-18-11(8-23-14)6-7-16-13(22)12(21-9-17-19-20-21)10-4-2-1-3-5-10/h1-5,8-9,12H,6-7H2,(H2,15,18)(H,16,22)/t12-/m1/s1. The molecule has 0 aliphatic rings. The molecule has 9 heteroatoms. The number of anilines is 1. The van der Waals surface area contributed by atoms with E-state index in [2.05, 4.69) is 25.8 Å². The first-order chi connectivity index (χ1) is 11.2. The zero-order valence-electron chi connectivity index (χ0n) is 12.2. The second-order valence-corrected chi connectivity index (χ2v) is 5.71. The van der Waals surface area contributed by atoms with Gasteiger partial charge in [-0.1, -0.05) is 30.3 Å². The molecule has 118 valence electrons. The van der Waals surface area contributed by atoms with Gasteiger partial charge in [0.05, 0.1) is 5.69 Å². The highest BCUT2D eigenvalue weighted by Crippen LogP contribution is 2.17. The van der Waals surface area contributed by atoms with Crippen molar-refractivity contribution < 1.29 is 4.79 Å². The van der Waals surface area contributed by atoms with Crippen LogP contribution in [0.1, 0.15) is 17.3 Å². The van der Waals surface area contributed by atoms with Crippen molar-refractivity contribution in [1.29, 1.82) is 0 Å². The summed E-state index contributed by atoms with van der Waals surface area (Å²) in [5, 5.41) is 16.4. The minimum atomic E-state index is -0.605. The number of rotatable bonds is 6. The zero-order valence-corrected chi connectivity index (χ0v) is 13.0. The molecule has 0 spiro atoms. The predicted octanol–water partition coefficient (Wildman–Crippen LogP) is 0.660. The minimum absolute atomic E-state index is 0.174. The third-order valence-corrected chi connectivity index (χ3v) is 3.97. The molecule has 8 nitrogen and oxygen atoms in total. The molecule has 1 amide bonds. The van der Waals surface area contributed by atoms with Gasteiger partial charge in [0.15, 0.2) is 11.2 Å². The number of nitrogens with two attached hydrogens (primary N) is 1. The summed E-state index contributed by atoms with van der Waals surface area (Å²) in [5.74, 6) is -0.174. The van der Waals surface area contributed by atoms with Crippen LogP contribution in [0.2, 0.25) is 0 Å². The summed E-state index contributed by atoms with van der Waals surface area (Å²) < 4.78 is 1.44. The Balaban J connectivity index is 1.68. The molecule has 0 unspecified atom stereocenters. The normalized spacial score (nSPS) is 12.0. The van der Waals surface area contributed by atoms with E-state index in [0.29, 0.717) is 18.1 Å². The number of nitrogens with one attached hydrogen (secondary N) is 1. The average Bonchev–Trinajstić information content (AvgIpc) is 3.21. The van der Waals surface area contributed by atoms with E-state index in [1.54, 1.807) is 0 Å². The molecule has 0 radical (unpaired) electrons. The fraction of sp³-hybridized carbons (Fsp3) is 0.214. The Bertz CT molecular complexity index is 757. The summed E-state index contributed by atoms with van der Waals surface area (Å²) in [7, 11) is 0. The van der Waals surface area contributed by atoms with Crippen LogP contribution < -0.4 is 11.1 Å². The fourth-order valence-electron chi connectivity index (χ4n) is 2.19. The van der Waals surface area contributed by atoms with E-state index in [4.69, 9.17) is 5.73 Å². The number of nitrogen functional groups attached to an aromatic ring is 1. The Morgan fingerprint density at radius 1 is 1.35 bits per heavy atom. The van der Waals surface area contributed by atoms with E-state index < -0.39 is 6.04 Å². The highest BCUT2D eigenvalue weighted by Gasteiger charge is 2.23. The summed E-state index contributed by atoms with van der Waals surface area (Å²) in [6.07, 6.45) is 2.05. The topological polar surface area (TPSA) is 112 Å². The molecule has 2 heterocycles. The molecule has 1 atom stereocenters. The Morgan fingerprint density at radius 2 is 2.17 bits per heavy atom. The lowest BCUT2D eigenvalue weighted by atomic mass is 10.1. The Kier molecular flexibility index (Phi) is 4.57. The molecule has 0 bridgehead atoms. The first-order valence-corrected chi connectivity index (χ1v) is 7.87. The first kappa shape index (κ1) is 15.1. The highest BCUT2D eigenvalue weighted by molar-refractivity contribution is 7.13. The molecule has 0 saturated carbocycles. The van der Waals surface area contributed by atoms with Crippen LogP contribution >= 0.6 is 11.3 Å². The van der Waals surface area contributed by atoms with Crippen molar-refractivity contribution in [3.63, 3.8) is 0 Å². The molecule has 2 aromatic heterocycles. The van der Waals surface area contributed by atoms with Crippen molar-refractivity contribution in [3.05, 3.63) is 53.3 Å². The highest BCUT2D eigenvalue weighted by atomic mass is 32.1. The number of tetrazole rings is 1. The van der Waals surface area contributed by atoms with Gasteiger partial charge in [-0.15, -0.1) is 16.4 Å². The monoisotopic (exact) mass is 329 g/mol. The maximum Gasteiger partial charge on any atom is 0.249 e. The lowest BCUT2D eigenvalue weighted by molar-refractivity contribution is -0.123. The van der Waals surface area contributed by atoms with Gasteiger partial charge in [0, 0.05) is 18.3 Å². The molecule has 3 aromatic rings. The quantitative estimate of drug-likeness (QED) is 0.687. The Labute approximate surface area is 136 Å². The van der Waals surface area contributed by atoms with Crippen molar-refractivity contribution >= 4 is 22.4 Å². The summed E-state index contributed by atoms with van der Waals surface area (Å²) in [6, 6.07) is 8.77. The van der Waals surface area contributed by atoms with Crippen LogP contribution in [0.4, 0.5) is 5.13 Å². The van der Waals surface area contributed by atoms with Gasteiger partial charge in [0.25, 0.3) is 0 Å². The smallest absolute Gasteiger partial charge is 0.249 e. The molecule has 0 aliphatic heterocycles. The van der Waals surface area contributed by atoms with Crippen LogP contribution in [-0.2, 0) is 11.2 Å². The molecular formula is C14H15N7OS. The van der Waals surface area contributed by atoms with Crippen LogP contribution in [0.3, 0.4) is 0 Å². The number of aromatic nitrogens is 5. The molecule has 1 aromatic carbocycles. The van der Waals surface area contributed by atoms with E-state index >= 15 is 0 Å². The summed E-state index contributed by atoms with van der Waals surface area (Å²) in [5.41, 5.74) is 7.28. The fourth-order valence-corrected chi connectivity index (χ4v) is 2.79. The van der Waals surface area contributed by atoms with E-state index in [-0.39, 0.29) is 5.91 Å². The lowest BCUT2D eigenvalue weighted by Crippen LogP contribution is -2.35. The van der Waals surface area contributed by atoms with Crippen LogP contribution in [0.5, 0.6) is 0 Å². The van der Waals surface area contributed by atoms with Gasteiger partial charge in [-0.25, -0.2) is 9.67 Å². The largest absolute Gasteiger partial charge is 0.375 e. The number of thiazole rings is 1. The average molecular weight is 329 g/mol. The van der Waals surface area contributed by atoms with Gasteiger partial charge in [-0.3, -0.25) is 4.79 Å². The van der Waals surface area contributed by atoms with Gasteiger partial charge >= 0.3 is 0 Å². The van der Waals surface area contributed by atoms with Crippen molar-refractivity contribution in [2.75, 3.05) is 12.3 Å². The van der Waals surface area contributed by atoms with Crippen LogP contribution in [0.25, 0.3) is 0 Å². The van der Waals surface area contributed by atoms with Crippen molar-refractivity contribution in [2.24, 2.45) is 0 Å². The first-order valence-electron chi connectivity index (χ1n) is 6.99. The maximum absolute atomic E-state index is 12.6. The zero-order chi connectivity index (χ0) is 16.1. The summed E-state index contributed by atoms with van der Waals surface area (Å²) in [4.78, 5) is 16.7. The second-order valence-electron chi connectivity index (χ2n) is 4.82. The van der Waals surface area contributed by atoms with Crippen molar-refractivity contribution in [2.45, 2.75) is 12.5 Å². The molecule has 3 rings (SSSR count). The van der Waals surface area contributed by atoms with Crippen LogP contribution in [0, 0.1) is 0 Å². The van der Waals surface area contributed by atoms with Gasteiger partial charge in [-0.05, 0) is 16.0 Å². The van der Waals surface area contributed by atoms with E-state index in [1.807, 2.05) is 35.7 Å². The number of nitrogens with zero attached hydrogens (tertiary/aromatic N) is 5. The second kappa shape index (κ2) is 6.97. The predicted molar refractivity (Wildman–Crippen MR) is 85.6 cm³/mol. The third-order valence-electron chi connectivity index (χ3n) is 3.24. The number of carbonyl (C=O) groups is 1. The number of benzene rings is 1. The Morgan fingerprint density at radius 3 is 2.83 bits per heavy atom. The van der Waals surface area contributed by atoms with Crippen molar-refractivity contribution in [3.8, 4) is 0 Å². The SMILES string of the molecule is Nc1nc(CCNC(=O)[C@@H](c2ccccc2)n2cnnn2)cs1. The van der Waals surface area contributed by atoms with E-state index in [1.165, 1.54) is 22.3 Å². The number of carbonyl (C=O) groups excluding carboxylic acids is 1. The van der Waals surface area contributed by atoms with Crippen LogP contribution in [0.15, 0.2) is 42.0 Å².